The summed E-state index contributed by atoms with van der Waals surface area (Å²) in [6, 6.07) is 2.18. The molecule has 0 radical (unpaired) electrons. The van der Waals surface area contributed by atoms with Gasteiger partial charge in [-0.15, -0.1) is 5.10 Å². The van der Waals surface area contributed by atoms with Crippen LogP contribution in [0, 0.1) is 18.3 Å². The van der Waals surface area contributed by atoms with Crippen LogP contribution in [0.1, 0.15) is 49.8 Å². The minimum atomic E-state index is 0.0176. The van der Waals surface area contributed by atoms with Gasteiger partial charge in [-0.1, -0.05) is 26.2 Å². The molecular weight excluding hydrogens is 228 g/mol. The molecule has 96 valence electrons. The fraction of sp³-hybridized carbons (Fsp3) is 0.538. The number of H-pyrrole nitrogens is 1. The number of aromatic amines is 1. The highest BCUT2D eigenvalue weighted by Crippen LogP contribution is 2.41. The summed E-state index contributed by atoms with van der Waals surface area (Å²) in [6.45, 7) is 4.10. The van der Waals surface area contributed by atoms with Crippen molar-refractivity contribution in [1.29, 1.82) is 5.26 Å². The highest BCUT2D eigenvalue weighted by Gasteiger charge is 2.32. The maximum Gasteiger partial charge on any atom is 0.243 e. The van der Waals surface area contributed by atoms with Gasteiger partial charge >= 0.3 is 0 Å². The molecule has 1 aromatic rings. The van der Waals surface area contributed by atoms with Gasteiger partial charge in [0, 0.05) is 17.2 Å². The normalized spacial score (nSPS) is 18.2. The van der Waals surface area contributed by atoms with Crippen LogP contribution in [0.4, 0.5) is 0 Å². The molecule has 1 atom stereocenters. The van der Waals surface area contributed by atoms with Crippen molar-refractivity contribution in [3.8, 4) is 11.9 Å². The number of ether oxygens (including phenoxy) is 1. The van der Waals surface area contributed by atoms with E-state index in [2.05, 4.69) is 23.2 Å². The molecule has 2 heterocycles. The van der Waals surface area contributed by atoms with E-state index in [1.165, 1.54) is 0 Å². The predicted octanol–water partition coefficient (Wildman–Crippen LogP) is 2.47. The number of hydrogen-bond donors (Lipinski definition) is 2. The van der Waals surface area contributed by atoms with Crippen LogP contribution in [-0.2, 0) is 0 Å². The van der Waals surface area contributed by atoms with Gasteiger partial charge in [0.2, 0.25) is 11.8 Å². The average molecular weight is 246 g/mol. The molecule has 5 nitrogen and oxygen atoms in total. The first kappa shape index (κ1) is 12.5. The van der Waals surface area contributed by atoms with Gasteiger partial charge in [-0.05, 0) is 13.3 Å². The Morgan fingerprint density at radius 2 is 2.28 bits per heavy atom. The van der Waals surface area contributed by atoms with Crippen molar-refractivity contribution in [2.24, 2.45) is 5.73 Å². The molecule has 0 fully saturated rings. The number of nitrogens with one attached hydrogen (secondary N) is 1. The van der Waals surface area contributed by atoms with Crippen LogP contribution in [0.3, 0.4) is 0 Å². The largest absolute Gasteiger partial charge is 0.420 e. The fourth-order valence-electron chi connectivity index (χ4n) is 2.40. The Balaban J connectivity index is 2.32. The zero-order valence-corrected chi connectivity index (χ0v) is 10.8. The van der Waals surface area contributed by atoms with E-state index in [0.29, 0.717) is 11.5 Å². The van der Waals surface area contributed by atoms with Gasteiger partial charge in [-0.2, -0.15) is 5.26 Å². The molecule has 0 bridgehead atoms. The summed E-state index contributed by atoms with van der Waals surface area (Å²) < 4.78 is 5.39. The Kier molecular flexibility index (Phi) is 3.56. The Hall–Kier alpha value is -1.96. The first-order valence-electron chi connectivity index (χ1n) is 6.31. The zero-order chi connectivity index (χ0) is 13.1. The number of aryl methyl sites for hydroxylation is 1. The van der Waals surface area contributed by atoms with Crippen LogP contribution in [0.5, 0.6) is 5.88 Å². The first-order chi connectivity index (χ1) is 8.69. The fourth-order valence-corrected chi connectivity index (χ4v) is 2.40. The van der Waals surface area contributed by atoms with Crippen LogP contribution in [0.25, 0.3) is 0 Å². The summed E-state index contributed by atoms with van der Waals surface area (Å²) in [5, 5.41) is 16.2. The van der Waals surface area contributed by atoms with E-state index in [1.807, 2.05) is 6.92 Å². The molecule has 1 aliphatic heterocycles. The van der Waals surface area contributed by atoms with E-state index in [4.69, 9.17) is 10.5 Å². The summed E-state index contributed by atoms with van der Waals surface area (Å²) in [5.74, 6) is 0.729. The van der Waals surface area contributed by atoms with Crippen LogP contribution in [0.2, 0.25) is 0 Å². The molecule has 0 amide bonds. The SMILES string of the molecule is CCCCC[C@@H]1C(C#N)=C(N)Oc2n[nH]c(C)c21. The predicted molar refractivity (Wildman–Crippen MR) is 67.7 cm³/mol. The molecule has 3 N–H and O–H groups in total. The molecule has 0 spiro atoms. The highest BCUT2D eigenvalue weighted by atomic mass is 16.5. The van der Waals surface area contributed by atoms with E-state index in [-0.39, 0.29) is 11.8 Å². The number of nitrogens with zero attached hydrogens (tertiary/aromatic N) is 2. The van der Waals surface area contributed by atoms with Crippen LogP contribution >= 0.6 is 0 Å². The lowest BCUT2D eigenvalue weighted by Gasteiger charge is -2.23. The lowest BCUT2D eigenvalue weighted by molar-refractivity contribution is 0.369. The average Bonchev–Trinajstić information content (AvgIpc) is 2.71. The van der Waals surface area contributed by atoms with Crippen molar-refractivity contribution >= 4 is 0 Å². The van der Waals surface area contributed by atoms with Crippen molar-refractivity contribution in [1.82, 2.24) is 10.2 Å². The molecule has 1 aliphatic rings. The summed E-state index contributed by atoms with van der Waals surface area (Å²) in [7, 11) is 0. The van der Waals surface area contributed by atoms with Crippen molar-refractivity contribution in [3.63, 3.8) is 0 Å². The third-order valence-corrected chi connectivity index (χ3v) is 3.35. The Bertz CT molecular complexity index is 510. The Morgan fingerprint density at radius 3 is 2.94 bits per heavy atom. The molecule has 0 saturated carbocycles. The topological polar surface area (TPSA) is 87.7 Å². The van der Waals surface area contributed by atoms with Crippen molar-refractivity contribution in [2.45, 2.75) is 45.4 Å². The van der Waals surface area contributed by atoms with Crippen molar-refractivity contribution in [3.05, 3.63) is 22.7 Å². The molecule has 2 rings (SSSR count). The number of fused-ring (bicyclic) bond motifs is 1. The number of rotatable bonds is 4. The molecule has 0 aliphatic carbocycles. The quantitative estimate of drug-likeness (QED) is 0.799. The number of hydrogen-bond acceptors (Lipinski definition) is 4. The number of nitrogens with two attached hydrogens (primary N) is 1. The van der Waals surface area contributed by atoms with E-state index in [1.54, 1.807) is 0 Å². The van der Waals surface area contributed by atoms with E-state index in [0.717, 1.165) is 36.9 Å². The minimum Gasteiger partial charge on any atom is -0.420 e. The van der Waals surface area contributed by atoms with Gasteiger partial charge in [0.1, 0.15) is 6.07 Å². The number of unbranched alkanes of at least 4 members (excludes halogenated alkanes) is 2. The zero-order valence-electron chi connectivity index (χ0n) is 10.8. The molecule has 0 saturated heterocycles. The minimum absolute atomic E-state index is 0.0176. The van der Waals surface area contributed by atoms with Gasteiger partial charge in [0.05, 0.1) is 5.57 Å². The number of aromatic nitrogens is 2. The van der Waals surface area contributed by atoms with Crippen molar-refractivity contribution < 1.29 is 4.74 Å². The number of allylic oxidation sites excluding steroid dienone is 1. The summed E-state index contributed by atoms with van der Waals surface area (Å²) in [6.07, 6.45) is 4.29. The maximum absolute atomic E-state index is 9.24. The summed E-state index contributed by atoms with van der Waals surface area (Å²) in [5.41, 5.74) is 8.25. The van der Waals surface area contributed by atoms with Crippen LogP contribution in [0.15, 0.2) is 11.5 Å². The molecule has 0 unspecified atom stereocenters. The maximum atomic E-state index is 9.24. The summed E-state index contributed by atoms with van der Waals surface area (Å²) >= 11 is 0. The highest BCUT2D eigenvalue weighted by molar-refractivity contribution is 5.48. The third-order valence-electron chi connectivity index (χ3n) is 3.35. The summed E-state index contributed by atoms with van der Waals surface area (Å²) in [4.78, 5) is 0. The molecule has 0 aromatic carbocycles. The molecule has 5 heteroatoms. The second-order valence-electron chi connectivity index (χ2n) is 4.61. The van der Waals surface area contributed by atoms with Gasteiger partial charge in [-0.25, -0.2) is 0 Å². The first-order valence-corrected chi connectivity index (χ1v) is 6.31. The van der Waals surface area contributed by atoms with Gasteiger partial charge in [0.25, 0.3) is 0 Å². The molecule has 18 heavy (non-hydrogen) atoms. The Labute approximate surface area is 107 Å². The smallest absolute Gasteiger partial charge is 0.243 e. The Morgan fingerprint density at radius 1 is 1.50 bits per heavy atom. The second kappa shape index (κ2) is 5.13. The molecular formula is C13H18N4O. The van der Waals surface area contributed by atoms with E-state index >= 15 is 0 Å². The second-order valence-corrected chi connectivity index (χ2v) is 4.61. The van der Waals surface area contributed by atoms with Gasteiger partial charge in [-0.3, -0.25) is 5.10 Å². The lowest BCUT2D eigenvalue weighted by atomic mass is 9.86. The molecule has 1 aromatic heterocycles. The third kappa shape index (κ3) is 2.06. The van der Waals surface area contributed by atoms with Gasteiger partial charge < -0.3 is 10.5 Å². The van der Waals surface area contributed by atoms with E-state index < -0.39 is 0 Å². The van der Waals surface area contributed by atoms with Crippen LogP contribution in [-0.4, -0.2) is 10.2 Å². The van der Waals surface area contributed by atoms with Crippen LogP contribution < -0.4 is 10.5 Å². The van der Waals surface area contributed by atoms with E-state index in [9.17, 15) is 5.26 Å². The standard InChI is InChI=1S/C13H18N4O/c1-3-4-5-6-9-10(7-14)12(15)18-13-11(9)8(2)16-17-13/h9H,3-6,15H2,1-2H3,(H,16,17)/t9-/m1/s1. The van der Waals surface area contributed by atoms with Crippen molar-refractivity contribution in [2.75, 3.05) is 0 Å². The van der Waals surface area contributed by atoms with Gasteiger partial charge in [0.15, 0.2) is 0 Å². The monoisotopic (exact) mass is 246 g/mol. The lowest BCUT2D eigenvalue weighted by Crippen LogP contribution is -2.20. The number of nitriles is 1.